The number of thiophene rings is 1. The van der Waals surface area contributed by atoms with Gasteiger partial charge in [-0.25, -0.2) is 13.4 Å². The van der Waals surface area contributed by atoms with E-state index in [1.807, 2.05) is 43.5 Å². The third-order valence-electron chi connectivity index (χ3n) is 4.72. The van der Waals surface area contributed by atoms with E-state index in [-0.39, 0.29) is 15.4 Å². The van der Waals surface area contributed by atoms with Crippen LogP contribution in [-0.2, 0) is 16.3 Å². The minimum Gasteiger partial charge on any atom is -0.294 e. The van der Waals surface area contributed by atoms with Crippen molar-refractivity contribution < 1.29 is 13.2 Å². The van der Waals surface area contributed by atoms with E-state index >= 15 is 0 Å². The molecule has 0 bridgehead atoms. The zero-order chi connectivity index (χ0) is 20.3. The number of ketones is 1. The molecule has 0 aliphatic heterocycles. The first-order valence-corrected chi connectivity index (χ1v) is 12.6. The van der Waals surface area contributed by atoms with E-state index in [1.165, 1.54) is 22.7 Å². The van der Waals surface area contributed by atoms with Crippen LogP contribution < -0.4 is 0 Å². The number of aromatic nitrogens is 1. The van der Waals surface area contributed by atoms with Crippen molar-refractivity contribution in [3.63, 3.8) is 0 Å². The molecular formula is C20H18ClNO3S3. The average Bonchev–Trinajstić information content (AvgIpc) is 3.18. The molecule has 0 atom stereocenters. The summed E-state index contributed by atoms with van der Waals surface area (Å²) in [6.45, 7) is 4.08. The Kier molecular flexibility index (Phi) is 4.77. The molecule has 28 heavy (non-hydrogen) atoms. The lowest BCUT2D eigenvalue weighted by Gasteiger charge is -2.29. The SMILES string of the molecule is CC1(C)CC(=O)c2c(S(C)(=O)=O)sc(-c3nc(-c4ccc(Cl)cc4)cs3)c2C1. The number of nitrogens with zero attached hydrogens (tertiary/aromatic N) is 1. The first-order valence-electron chi connectivity index (χ1n) is 8.66. The topological polar surface area (TPSA) is 64.1 Å². The van der Waals surface area contributed by atoms with Gasteiger partial charge >= 0.3 is 0 Å². The van der Waals surface area contributed by atoms with E-state index in [9.17, 15) is 13.2 Å². The number of sulfone groups is 1. The summed E-state index contributed by atoms with van der Waals surface area (Å²) in [6, 6.07) is 7.43. The highest BCUT2D eigenvalue weighted by Gasteiger charge is 2.39. The van der Waals surface area contributed by atoms with Gasteiger partial charge in [0.15, 0.2) is 15.6 Å². The molecule has 0 amide bonds. The highest BCUT2D eigenvalue weighted by Crippen LogP contribution is 2.48. The Hall–Kier alpha value is -1.54. The molecule has 146 valence electrons. The first-order chi connectivity index (χ1) is 13.0. The van der Waals surface area contributed by atoms with Crippen molar-refractivity contribution in [1.82, 2.24) is 4.98 Å². The second-order valence-electron chi connectivity index (χ2n) is 7.83. The number of benzene rings is 1. The molecule has 4 nitrogen and oxygen atoms in total. The van der Waals surface area contributed by atoms with Gasteiger partial charge in [-0.15, -0.1) is 22.7 Å². The minimum absolute atomic E-state index is 0.0938. The lowest BCUT2D eigenvalue weighted by Crippen LogP contribution is -2.27. The standard InChI is InChI=1S/C20H18ClNO3S3/c1-20(2)8-13-16(15(23)9-20)19(28(3,24)25)27-17(13)18-22-14(10-26-18)11-4-6-12(21)7-5-11/h4-7,10H,8-9H2,1-3H3. The third-order valence-corrected chi connectivity index (χ3v) is 9.03. The molecule has 0 saturated heterocycles. The van der Waals surface area contributed by atoms with Crippen LogP contribution in [0, 0.1) is 5.41 Å². The smallest absolute Gasteiger partial charge is 0.185 e. The highest BCUT2D eigenvalue weighted by atomic mass is 35.5. The van der Waals surface area contributed by atoms with Gasteiger partial charge < -0.3 is 0 Å². The number of thiazole rings is 1. The predicted octanol–water partition coefficient (Wildman–Crippen LogP) is 5.75. The summed E-state index contributed by atoms with van der Waals surface area (Å²) in [5.41, 5.74) is 2.75. The van der Waals surface area contributed by atoms with Crippen molar-refractivity contribution in [2.75, 3.05) is 6.26 Å². The van der Waals surface area contributed by atoms with Crippen LogP contribution in [0.2, 0.25) is 5.02 Å². The van der Waals surface area contributed by atoms with Gasteiger partial charge in [-0.2, -0.15) is 0 Å². The van der Waals surface area contributed by atoms with Crippen LogP contribution in [0.3, 0.4) is 0 Å². The van der Waals surface area contributed by atoms with Crippen LogP contribution in [0.5, 0.6) is 0 Å². The molecule has 4 rings (SSSR count). The zero-order valence-electron chi connectivity index (χ0n) is 15.6. The van der Waals surface area contributed by atoms with Gasteiger partial charge in [0.1, 0.15) is 9.22 Å². The molecule has 1 aromatic carbocycles. The Morgan fingerprint density at radius 1 is 1.14 bits per heavy atom. The Morgan fingerprint density at radius 3 is 2.46 bits per heavy atom. The van der Waals surface area contributed by atoms with Crippen molar-refractivity contribution in [2.45, 2.75) is 30.9 Å². The van der Waals surface area contributed by atoms with E-state index in [0.29, 0.717) is 23.4 Å². The van der Waals surface area contributed by atoms with Gasteiger partial charge in [0, 0.05) is 28.6 Å². The number of rotatable bonds is 3. The fourth-order valence-electron chi connectivity index (χ4n) is 3.52. The van der Waals surface area contributed by atoms with Crippen LogP contribution in [0.1, 0.15) is 36.2 Å². The predicted molar refractivity (Wildman–Crippen MR) is 115 cm³/mol. The lowest BCUT2D eigenvalue weighted by molar-refractivity contribution is 0.0910. The normalized spacial score (nSPS) is 16.2. The Morgan fingerprint density at radius 2 is 1.82 bits per heavy atom. The average molecular weight is 452 g/mol. The maximum absolute atomic E-state index is 12.8. The fraction of sp³-hybridized carbons (Fsp3) is 0.300. The van der Waals surface area contributed by atoms with Gasteiger partial charge in [0.05, 0.1) is 16.1 Å². The Balaban J connectivity index is 1.87. The van der Waals surface area contributed by atoms with E-state index in [2.05, 4.69) is 0 Å². The van der Waals surface area contributed by atoms with Crippen molar-refractivity contribution >= 4 is 49.9 Å². The van der Waals surface area contributed by atoms with Crippen molar-refractivity contribution in [1.29, 1.82) is 0 Å². The largest absolute Gasteiger partial charge is 0.294 e. The van der Waals surface area contributed by atoms with Crippen LogP contribution in [0.15, 0.2) is 33.9 Å². The summed E-state index contributed by atoms with van der Waals surface area (Å²) in [4.78, 5) is 18.3. The fourth-order valence-corrected chi connectivity index (χ4v) is 7.13. The molecule has 3 aromatic rings. The number of carbonyl (C=O) groups is 1. The Labute approximate surface area is 177 Å². The summed E-state index contributed by atoms with van der Waals surface area (Å²) < 4.78 is 24.9. The number of fused-ring (bicyclic) bond motifs is 1. The quantitative estimate of drug-likeness (QED) is 0.508. The van der Waals surface area contributed by atoms with E-state index in [0.717, 1.165) is 33.0 Å². The molecule has 0 fully saturated rings. The van der Waals surface area contributed by atoms with Gasteiger partial charge in [-0.05, 0) is 29.5 Å². The van der Waals surface area contributed by atoms with E-state index in [1.54, 1.807) is 0 Å². The number of carbonyl (C=O) groups excluding carboxylic acids is 1. The van der Waals surface area contributed by atoms with Crippen LogP contribution in [0.25, 0.3) is 21.1 Å². The van der Waals surface area contributed by atoms with Gasteiger partial charge in [-0.3, -0.25) is 4.79 Å². The van der Waals surface area contributed by atoms with E-state index < -0.39 is 9.84 Å². The number of halogens is 1. The van der Waals surface area contributed by atoms with Crippen LogP contribution in [0.4, 0.5) is 0 Å². The minimum atomic E-state index is -3.49. The molecule has 0 saturated carbocycles. The van der Waals surface area contributed by atoms with Gasteiger partial charge in [0.2, 0.25) is 0 Å². The third kappa shape index (κ3) is 3.56. The molecule has 0 spiro atoms. The second kappa shape index (κ2) is 6.76. The first kappa shape index (κ1) is 19.8. The number of hydrogen-bond acceptors (Lipinski definition) is 6. The summed E-state index contributed by atoms with van der Waals surface area (Å²) in [6.07, 6.45) is 2.18. The number of hydrogen-bond donors (Lipinski definition) is 0. The molecule has 0 unspecified atom stereocenters. The monoisotopic (exact) mass is 451 g/mol. The molecule has 1 aliphatic carbocycles. The molecule has 0 N–H and O–H groups in total. The van der Waals surface area contributed by atoms with Crippen LogP contribution >= 0.6 is 34.3 Å². The molecule has 8 heteroatoms. The summed E-state index contributed by atoms with van der Waals surface area (Å²) in [7, 11) is -3.49. The van der Waals surface area contributed by atoms with Crippen molar-refractivity contribution in [2.24, 2.45) is 5.41 Å². The summed E-state index contributed by atoms with van der Waals surface area (Å²) in [5.74, 6) is -0.0938. The molecular weight excluding hydrogens is 434 g/mol. The highest BCUT2D eigenvalue weighted by molar-refractivity contribution is 7.93. The zero-order valence-corrected chi connectivity index (χ0v) is 18.8. The molecule has 1 aliphatic rings. The summed E-state index contributed by atoms with van der Waals surface area (Å²) >= 11 is 8.59. The maximum Gasteiger partial charge on any atom is 0.185 e. The molecule has 2 aromatic heterocycles. The summed E-state index contributed by atoms with van der Waals surface area (Å²) in [5, 5.41) is 3.34. The van der Waals surface area contributed by atoms with Gasteiger partial charge in [0.25, 0.3) is 0 Å². The maximum atomic E-state index is 12.8. The molecule has 0 radical (unpaired) electrons. The second-order valence-corrected chi connectivity index (χ2v) is 12.4. The lowest BCUT2D eigenvalue weighted by atomic mass is 9.74. The van der Waals surface area contributed by atoms with Crippen molar-refractivity contribution in [3.8, 4) is 21.1 Å². The number of Topliss-reactive ketones (excluding diaryl/α,β-unsaturated/α-hetero) is 1. The molecule has 2 heterocycles. The van der Waals surface area contributed by atoms with Crippen LogP contribution in [-0.4, -0.2) is 25.4 Å². The van der Waals surface area contributed by atoms with Crippen molar-refractivity contribution in [3.05, 3.63) is 45.8 Å². The van der Waals surface area contributed by atoms with E-state index in [4.69, 9.17) is 16.6 Å². The Bertz CT molecular complexity index is 1190. The van der Waals surface area contributed by atoms with Gasteiger partial charge in [-0.1, -0.05) is 37.6 Å².